The Balaban J connectivity index is 3.18. The van der Waals surface area contributed by atoms with E-state index in [0.29, 0.717) is 13.0 Å². The number of rotatable bonds is 17. The van der Waals surface area contributed by atoms with Crippen molar-refractivity contribution in [3.8, 4) is 0 Å². The van der Waals surface area contributed by atoms with Gasteiger partial charge in [0.25, 0.3) is 0 Å². The maximum absolute atomic E-state index is 11.4. The van der Waals surface area contributed by atoms with Gasteiger partial charge >= 0.3 is 5.97 Å². The van der Waals surface area contributed by atoms with Gasteiger partial charge in [-0.05, 0) is 12.8 Å². The SMILES string of the molecule is CCCCCCCCCCCCCCOC(=O)CC(=O)CCC. The fourth-order valence-corrected chi connectivity index (χ4v) is 2.71. The van der Waals surface area contributed by atoms with Crippen molar-refractivity contribution < 1.29 is 14.3 Å². The van der Waals surface area contributed by atoms with Crippen molar-refractivity contribution in [2.45, 2.75) is 110 Å². The molecule has 0 radical (unpaired) electrons. The highest BCUT2D eigenvalue weighted by Gasteiger charge is 2.09. The quantitative estimate of drug-likeness (QED) is 0.187. The lowest BCUT2D eigenvalue weighted by atomic mass is 10.1. The second-order valence-corrected chi connectivity index (χ2v) is 6.58. The molecular formula is C20H38O3. The van der Waals surface area contributed by atoms with Crippen LogP contribution in [0.3, 0.4) is 0 Å². The number of esters is 1. The van der Waals surface area contributed by atoms with Crippen LogP contribution in [-0.4, -0.2) is 18.4 Å². The van der Waals surface area contributed by atoms with E-state index in [1.165, 1.54) is 64.2 Å². The van der Waals surface area contributed by atoms with E-state index in [2.05, 4.69) is 6.92 Å². The van der Waals surface area contributed by atoms with Crippen molar-refractivity contribution in [1.29, 1.82) is 0 Å². The van der Waals surface area contributed by atoms with Gasteiger partial charge < -0.3 is 4.74 Å². The van der Waals surface area contributed by atoms with Crippen LogP contribution in [0.2, 0.25) is 0 Å². The molecule has 0 aliphatic carbocycles. The van der Waals surface area contributed by atoms with Gasteiger partial charge in [0.2, 0.25) is 0 Å². The summed E-state index contributed by atoms with van der Waals surface area (Å²) in [6.07, 6.45) is 16.8. The summed E-state index contributed by atoms with van der Waals surface area (Å²) in [4.78, 5) is 22.7. The summed E-state index contributed by atoms with van der Waals surface area (Å²) in [5.74, 6) is -0.362. The fourth-order valence-electron chi connectivity index (χ4n) is 2.71. The third kappa shape index (κ3) is 17.3. The molecule has 0 heterocycles. The zero-order chi connectivity index (χ0) is 17.2. The molecule has 0 atom stereocenters. The van der Waals surface area contributed by atoms with Crippen LogP contribution in [0.1, 0.15) is 110 Å². The minimum absolute atomic E-state index is 0.00723. The predicted octanol–water partition coefficient (Wildman–Crippen LogP) is 5.99. The lowest BCUT2D eigenvalue weighted by Gasteiger charge is -2.05. The number of hydrogen-bond acceptors (Lipinski definition) is 3. The largest absolute Gasteiger partial charge is 0.465 e. The van der Waals surface area contributed by atoms with Gasteiger partial charge in [-0.25, -0.2) is 0 Å². The Morgan fingerprint density at radius 2 is 1.13 bits per heavy atom. The predicted molar refractivity (Wildman–Crippen MR) is 96.6 cm³/mol. The number of ether oxygens (including phenoxy) is 1. The summed E-state index contributed by atoms with van der Waals surface area (Å²) in [6.45, 7) is 4.66. The van der Waals surface area contributed by atoms with Crippen LogP contribution in [0.5, 0.6) is 0 Å². The second kappa shape index (κ2) is 17.5. The smallest absolute Gasteiger partial charge is 0.313 e. The molecule has 0 aromatic carbocycles. The molecule has 0 bridgehead atoms. The topological polar surface area (TPSA) is 43.4 Å². The highest BCUT2D eigenvalue weighted by Crippen LogP contribution is 2.12. The number of hydrogen-bond donors (Lipinski definition) is 0. The Bertz CT molecular complexity index is 287. The van der Waals surface area contributed by atoms with Crippen molar-refractivity contribution in [3.05, 3.63) is 0 Å². The van der Waals surface area contributed by atoms with Crippen LogP contribution >= 0.6 is 0 Å². The zero-order valence-electron chi connectivity index (χ0n) is 15.5. The van der Waals surface area contributed by atoms with Crippen LogP contribution in [0.4, 0.5) is 0 Å². The molecule has 0 rings (SSSR count). The van der Waals surface area contributed by atoms with E-state index in [9.17, 15) is 9.59 Å². The number of carbonyl (C=O) groups is 2. The number of unbranched alkanes of at least 4 members (excludes halogenated alkanes) is 11. The molecule has 0 aliphatic rings. The highest BCUT2D eigenvalue weighted by atomic mass is 16.5. The van der Waals surface area contributed by atoms with Crippen LogP contribution in [0.25, 0.3) is 0 Å². The van der Waals surface area contributed by atoms with Crippen molar-refractivity contribution >= 4 is 11.8 Å². The Kier molecular flexibility index (Phi) is 16.8. The molecule has 0 amide bonds. The maximum atomic E-state index is 11.4. The van der Waals surface area contributed by atoms with E-state index in [1.54, 1.807) is 0 Å². The van der Waals surface area contributed by atoms with Crippen molar-refractivity contribution in [2.75, 3.05) is 6.61 Å². The van der Waals surface area contributed by atoms with E-state index in [0.717, 1.165) is 19.3 Å². The maximum Gasteiger partial charge on any atom is 0.313 e. The first-order chi connectivity index (χ1) is 11.2. The first-order valence-electron chi connectivity index (χ1n) is 9.88. The van der Waals surface area contributed by atoms with Crippen LogP contribution in [0, 0.1) is 0 Å². The highest BCUT2D eigenvalue weighted by molar-refractivity contribution is 5.95. The van der Waals surface area contributed by atoms with Crippen LogP contribution < -0.4 is 0 Å². The molecule has 3 nitrogen and oxygen atoms in total. The minimum atomic E-state index is -0.355. The molecular weight excluding hydrogens is 288 g/mol. The van der Waals surface area contributed by atoms with E-state index >= 15 is 0 Å². The summed E-state index contributed by atoms with van der Waals surface area (Å²) < 4.78 is 5.09. The van der Waals surface area contributed by atoms with Crippen LogP contribution in [0.15, 0.2) is 0 Å². The van der Waals surface area contributed by atoms with Gasteiger partial charge in [-0.1, -0.05) is 84.5 Å². The molecule has 0 fully saturated rings. The third-order valence-electron chi connectivity index (χ3n) is 4.13. The molecule has 0 unspecified atom stereocenters. The molecule has 0 spiro atoms. The van der Waals surface area contributed by atoms with Gasteiger partial charge in [-0.3, -0.25) is 9.59 Å². The van der Waals surface area contributed by atoms with E-state index in [4.69, 9.17) is 4.74 Å². The molecule has 136 valence electrons. The van der Waals surface area contributed by atoms with E-state index in [-0.39, 0.29) is 18.2 Å². The summed E-state index contributed by atoms with van der Waals surface area (Å²) >= 11 is 0. The van der Waals surface area contributed by atoms with Gasteiger partial charge in [0, 0.05) is 6.42 Å². The molecule has 0 aromatic heterocycles. The molecule has 0 aromatic rings. The van der Waals surface area contributed by atoms with Crippen molar-refractivity contribution in [3.63, 3.8) is 0 Å². The van der Waals surface area contributed by atoms with Crippen molar-refractivity contribution in [2.24, 2.45) is 0 Å². The molecule has 0 N–H and O–H groups in total. The molecule has 3 heteroatoms. The average molecular weight is 327 g/mol. The Morgan fingerprint density at radius 3 is 1.61 bits per heavy atom. The van der Waals surface area contributed by atoms with Gasteiger partial charge in [-0.2, -0.15) is 0 Å². The van der Waals surface area contributed by atoms with E-state index < -0.39 is 0 Å². The molecule has 0 saturated heterocycles. The Morgan fingerprint density at radius 1 is 0.652 bits per heavy atom. The number of ketones is 1. The molecule has 23 heavy (non-hydrogen) atoms. The van der Waals surface area contributed by atoms with Gasteiger partial charge in [0.05, 0.1) is 6.61 Å². The summed E-state index contributed by atoms with van der Waals surface area (Å²) in [6, 6.07) is 0. The van der Waals surface area contributed by atoms with Gasteiger partial charge in [0.15, 0.2) is 0 Å². The lowest BCUT2D eigenvalue weighted by Crippen LogP contribution is -2.11. The zero-order valence-corrected chi connectivity index (χ0v) is 15.5. The molecule has 0 aliphatic heterocycles. The monoisotopic (exact) mass is 326 g/mol. The minimum Gasteiger partial charge on any atom is -0.465 e. The van der Waals surface area contributed by atoms with Crippen LogP contribution in [-0.2, 0) is 14.3 Å². The Hall–Kier alpha value is -0.860. The van der Waals surface area contributed by atoms with Gasteiger partial charge in [-0.15, -0.1) is 0 Å². The Labute approximate surface area is 143 Å². The average Bonchev–Trinajstić information content (AvgIpc) is 2.52. The van der Waals surface area contributed by atoms with E-state index in [1.807, 2.05) is 6.92 Å². The summed E-state index contributed by atoms with van der Waals surface area (Å²) in [5, 5.41) is 0. The first kappa shape index (κ1) is 22.1. The summed E-state index contributed by atoms with van der Waals surface area (Å²) in [7, 11) is 0. The number of carbonyl (C=O) groups excluding carboxylic acids is 2. The summed E-state index contributed by atoms with van der Waals surface area (Å²) in [5.41, 5.74) is 0. The molecule has 0 saturated carbocycles. The second-order valence-electron chi connectivity index (χ2n) is 6.58. The van der Waals surface area contributed by atoms with Gasteiger partial charge in [0.1, 0.15) is 12.2 Å². The normalized spacial score (nSPS) is 10.7. The fraction of sp³-hybridized carbons (Fsp3) is 0.900. The number of Topliss-reactive ketones (excluding diaryl/α,β-unsaturated/α-hetero) is 1. The first-order valence-corrected chi connectivity index (χ1v) is 9.88. The lowest BCUT2D eigenvalue weighted by molar-refractivity contribution is -0.146. The third-order valence-corrected chi connectivity index (χ3v) is 4.13. The standard InChI is InChI=1S/C20H38O3/c1-3-5-6-7-8-9-10-11-12-13-14-15-17-23-20(22)18-19(21)16-4-2/h3-18H2,1-2H3. The van der Waals surface area contributed by atoms with Crippen molar-refractivity contribution in [1.82, 2.24) is 0 Å².